The summed E-state index contributed by atoms with van der Waals surface area (Å²) in [6, 6.07) is 12.6. The van der Waals surface area contributed by atoms with Crippen LogP contribution in [0, 0.1) is 19.7 Å². The number of halogens is 2. The minimum absolute atomic E-state index is 0. The maximum Gasteiger partial charge on any atom is 0.253 e. The van der Waals surface area contributed by atoms with E-state index in [2.05, 4.69) is 16.0 Å². The molecule has 1 aliphatic heterocycles. The van der Waals surface area contributed by atoms with Gasteiger partial charge in [0.25, 0.3) is 5.91 Å². The van der Waals surface area contributed by atoms with Crippen LogP contribution in [-0.4, -0.2) is 46.5 Å². The first-order valence-corrected chi connectivity index (χ1v) is 9.44. The number of amides is 1. The molecule has 0 saturated carbocycles. The molecule has 4 rings (SSSR count). The van der Waals surface area contributed by atoms with Gasteiger partial charge < -0.3 is 9.80 Å². The number of carbonyl (C=O) groups is 1. The van der Waals surface area contributed by atoms with E-state index in [9.17, 15) is 9.18 Å². The number of rotatable bonds is 3. The van der Waals surface area contributed by atoms with Gasteiger partial charge in [0.2, 0.25) is 5.95 Å². The van der Waals surface area contributed by atoms with Crippen LogP contribution in [0.4, 0.5) is 10.3 Å². The molecule has 3 aromatic rings. The topological polar surface area (TPSA) is 41.4 Å². The van der Waals surface area contributed by atoms with Crippen LogP contribution in [-0.2, 0) is 0 Å². The molecule has 1 fully saturated rings. The van der Waals surface area contributed by atoms with E-state index >= 15 is 0 Å². The molecule has 0 bridgehead atoms. The Hall–Kier alpha value is -2.86. The van der Waals surface area contributed by atoms with Crippen molar-refractivity contribution in [2.24, 2.45) is 0 Å². The van der Waals surface area contributed by atoms with Gasteiger partial charge in [0.15, 0.2) is 0 Å². The number of para-hydroxylation sites is 1. The second-order valence-corrected chi connectivity index (χ2v) is 7.20. The highest BCUT2D eigenvalue weighted by atomic mass is 35.5. The average molecular weight is 415 g/mol. The van der Waals surface area contributed by atoms with Crippen LogP contribution in [0.15, 0.2) is 54.9 Å². The number of imidazole rings is 1. The van der Waals surface area contributed by atoms with E-state index in [-0.39, 0.29) is 24.1 Å². The number of benzene rings is 2. The third-order valence-electron chi connectivity index (χ3n) is 5.05. The van der Waals surface area contributed by atoms with Crippen LogP contribution < -0.4 is 4.90 Å². The number of aryl methyl sites for hydroxylation is 2. The first-order valence-electron chi connectivity index (χ1n) is 9.44. The minimum atomic E-state index is -0.287. The Bertz CT molecular complexity index is 991. The number of hydrogen-bond donors (Lipinski definition) is 0. The largest absolute Gasteiger partial charge is 0.338 e. The van der Waals surface area contributed by atoms with Gasteiger partial charge in [-0.2, -0.15) is 0 Å². The van der Waals surface area contributed by atoms with Crippen molar-refractivity contribution in [2.75, 3.05) is 31.1 Å². The van der Waals surface area contributed by atoms with E-state index in [1.165, 1.54) is 6.07 Å². The molecular weight excluding hydrogens is 391 g/mol. The predicted molar refractivity (Wildman–Crippen MR) is 115 cm³/mol. The molecule has 1 aromatic heterocycles. The first-order chi connectivity index (χ1) is 13.5. The monoisotopic (exact) mass is 414 g/mol. The fraction of sp³-hybridized carbons (Fsp3) is 0.273. The van der Waals surface area contributed by atoms with Gasteiger partial charge >= 0.3 is 0 Å². The fourth-order valence-corrected chi connectivity index (χ4v) is 3.75. The molecule has 0 spiro atoms. The lowest BCUT2D eigenvalue weighted by molar-refractivity contribution is 0.0746. The number of piperazine rings is 1. The lowest BCUT2D eigenvalue weighted by Gasteiger charge is -2.35. The Kier molecular flexibility index (Phi) is 6.23. The molecule has 0 aliphatic carbocycles. The summed E-state index contributed by atoms with van der Waals surface area (Å²) in [5, 5.41) is 0. The molecule has 29 heavy (non-hydrogen) atoms. The Balaban J connectivity index is 0.00000240. The minimum Gasteiger partial charge on any atom is -0.338 e. The van der Waals surface area contributed by atoms with Crippen LogP contribution in [0.25, 0.3) is 5.69 Å². The van der Waals surface area contributed by atoms with Gasteiger partial charge in [-0.3, -0.25) is 9.36 Å². The van der Waals surface area contributed by atoms with Crippen molar-refractivity contribution in [3.05, 3.63) is 77.4 Å². The second-order valence-electron chi connectivity index (χ2n) is 7.20. The summed E-state index contributed by atoms with van der Waals surface area (Å²) >= 11 is 0. The Morgan fingerprint density at radius 1 is 1.00 bits per heavy atom. The number of aromatic nitrogens is 2. The highest BCUT2D eigenvalue weighted by Crippen LogP contribution is 2.22. The standard InChI is InChI=1S/C22H23FN4O.ClH/c1-16-13-17(2)15-18(14-16)21(28)25-9-11-26(12-10-25)22-24-7-8-27(22)20-6-4-3-5-19(20)23;/h3-8,13-15H,9-12H2,1-2H3;1H. The third-order valence-corrected chi connectivity index (χ3v) is 5.05. The molecule has 0 unspecified atom stereocenters. The zero-order valence-corrected chi connectivity index (χ0v) is 17.3. The summed E-state index contributed by atoms with van der Waals surface area (Å²) < 4.78 is 16.0. The van der Waals surface area contributed by atoms with Crippen LogP contribution >= 0.6 is 12.4 Å². The number of carbonyl (C=O) groups excluding carboxylic acids is 1. The van der Waals surface area contributed by atoms with E-state index < -0.39 is 0 Å². The van der Waals surface area contributed by atoms with Crippen molar-refractivity contribution in [2.45, 2.75) is 13.8 Å². The van der Waals surface area contributed by atoms with Crippen LogP contribution in [0.5, 0.6) is 0 Å². The zero-order chi connectivity index (χ0) is 19.7. The lowest BCUT2D eigenvalue weighted by atomic mass is 10.1. The molecule has 5 nitrogen and oxygen atoms in total. The summed E-state index contributed by atoms with van der Waals surface area (Å²) in [6.07, 6.45) is 3.44. The van der Waals surface area contributed by atoms with Gasteiger partial charge in [-0.25, -0.2) is 9.37 Å². The maximum absolute atomic E-state index is 14.2. The van der Waals surface area contributed by atoms with Crippen molar-refractivity contribution in [3.63, 3.8) is 0 Å². The van der Waals surface area contributed by atoms with Crippen molar-refractivity contribution in [1.82, 2.24) is 14.5 Å². The zero-order valence-electron chi connectivity index (χ0n) is 16.5. The summed E-state index contributed by atoms with van der Waals surface area (Å²) in [6.45, 7) is 6.53. The molecule has 2 aromatic carbocycles. The van der Waals surface area contributed by atoms with E-state index in [1.807, 2.05) is 36.9 Å². The SMILES string of the molecule is Cc1cc(C)cc(C(=O)N2CCN(c3nccn3-c3ccccc3F)CC2)c1.Cl. The van der Waals surface area contributed by atoms with E-state index in [4.69, 9.17) is 0 Å². The Labute approximate surface area is 176 Å². The quantitative estimate of drug-likeness (QED) is 0.650. The molecular formula is C22H24ClFN4O. The summed E-state index contributed by atoms with van der Waals surface area (Å²) in [5.74, 6) is 0.470. The smallest absolute Gasteiger partial charge is 0.253 e. The van der Waals surface area contributed by atoms with Crippen LogP contribution in [0.2, 0.25) is 0 Å². The number of hydrogen-bond acceptors (Lipinski definition) is 3. The first kappa shape index (κ1) is 20.9. The Morgan fingerprint density at radius 3 is 2.31 bits per heavy atom. The van der Waals surface area contributed by atoms with Crippen molar-refractivity contribution in [1.29, 1.82) is 0 Å². The molecule has 1 amide bonds. The number of anilines is 1. The summed E-state index contributed by atoms with van der Waals surface area (Å²) in [5.41, 5.74) is 3.39. The maximum atomic E-state index is 14.2. The van der Waals surface area contributed by atoms with Gasteiger partial charge in [-0.15, -0.1) is 12.4 Å². The normalized spacial score (nSPS) is 13.9. The van der Waals surface area contributed by atoms with E-state index in [0.29, 0.717) is 37.8 Å². The predicted octanol–water partition coefficient (Wildman–Crippen LogP) is 4.01. The fourth-order valence-electron chi connectivity index (χ4n) is 3.75. The third kappa shape index (κ3) is 4.27. The van der Waals surface area contributed by atoms with Gasteiger partial charge in [0, 0.05) is 44.1 Å². The highest BCUT2D eigenvalue weighted by molar-refractivity contribution is 5.94. The van der Waals surface area contributed by atoms with Crippen molar-refractivity contribution >= 4 is 24.3 Å². The second kappa shape index (κ2) is 8.66. The van der Waals surface area contributed by atoms with Crippen molar-refractivity contribution < 1.29 is 9.18 Å². The molecule has 1 saturated heterocycles. The molecule has 7 heteroatoms. The highest BCUT2D eigenvalue weighted by Gasteiger charge is 2.25. The van der Waals surface area contributed by atoms with Crippen LogP contribution in [0.1, 0.15) is 21.5 Å². The molecule has 0 atom stereocenters. The molecule has 152 valence electrons. The summed E-state index contributed by atoms with van der Waals surface area (Å²) in [7, 11) is 0. The molecule has 1 aliphatic rings. The average Bonchev–Trinajstić information content (AvgIpc) is 3.17. The van der Waals surface area contributed by atoms with Gasteiger partial charge in [0.1, 0.15) is 5.82 Å². The molecule has 2 heterocycles. The number of nitrogens with zero attached hydrogens (tertiary/aromatic N) is 4. The van der Waals surface area contributed by atoms with Crippen molar-refractivity contribution in [3.8, 4) is 5.69 Å². The van der Waals surface area contributed by atoms with Gasteiger partial charge in [-0.05, 0) is 38.1 Å². The van der Waals surface area contributed by atoms with E-state index in [0.717, 1.165) is 16.7 Å². The molecule has 0 N–H and O–H groups in total. The van der Waals surface area contributed by atoms with Crippen LogP contribution in [0.3, 0.4) is 0 Å². The van der Waals surface area contributed by atoms with E-state index in [1.54, 1.807) is 29.1 Å². The van der Waals surface area contributed by atoms with Gasteiger partial charge in [-0.1, -0.05) is 29.3 Å². The molecule has 0 radical (unpaired) electrons. The summed E-state index contributed by atoms with van der Waals surface area (Å²) in [4.78, 5) is 21.3. The van der Waals surface area contributed by atoms with Gasteiger partial charge in [0.05, 0.1) is 5.69 Å². The Morgan fingerprint density at radius 2 is 1.66 bits per heavy atom. The lowest BCUT2D eigenvalue weighted by Crippen LogP contribution is -2.49.